The average molecular weight is 265 g/mol. The number of hydrogen-bond donors (Lipinski definition) is 1. The van der Waals surface area contributed by atoms with Crippen molar-refractivity contribution < 1.29 is 0 Å². The number of H-pyrrole nitrogens is 1. The first kappa shape index (κ1) is 13.4. The van der Waals surface area contributed by atoms with Gasteiger partial charge in [0.15, 0.2) is 0 Å². The number of para-hydroxylation sites is 1. The molecule has 0 aliphatic heterocycles. The highest BCUT2D eigenvalue weighted by atomic mass is 35.5. The van der Waals surface area contributed by atoms with E-state index in [1.54, 1.807) is 0 Å². The van der Waals surface area contributed by atoms with Gasteiger partial charge in [-0.2, -0.15) is 0 Å². The lowest BCUT2D eigenvalue weighted by molar-refractivity contribution is 0.293. The second-order valence-corrected chi connectivity index (χ2v) is 5.03. The Bertz CT molecular complexity index is 504. The number of nitrogens with zero attached hydrogens (tertiary/aromatic N) is 1. The van der Waals surface area contributed by atoms with Gasteiger partial charge < -0.3 is 9.88 Å². The summed E-state index contributed by atoms with van der Waals surface area (Å²) in [6.07, 6.45) is 2.21. The molecule has 3 heteroatoms. The van der Waals surface area contributed by atoms with Crippen LogP contribution < -0.4 is 0 Å². The molecule has 1 aromatic heterocycles. The summed E-state index contributed by atoms with van der Waals surface area (Å²) in [7, 11) is 0. The fourth-order valence-corrected chi connectivity index (χ4v) is 2.72. The molecule has 1 aromatic carbocycles. The zero-order chi connectivity index (χ0) is 13.0. The number of rotatable bonds is 6. The number of nitrogens with one attached hydrogen (secondary N) is 1. The van der Waals surface area contributed by atoms with E-state index in [2.05, 4.69) is 41.9 Å². The van der Waals surface area contributed by atoms with Gasteiger partial charge in [0, 0.05) is 17.4 Å². The summed E-state index contributed by atoms with van der Waals surface area (Å²) in [5.74, 6) is 0. The second kappa shape index (κ2) is 6.26. The van der Waals surface area contributed by atoms with Crippen LogP contribution in [0.2, 0.25) is 5.15 Å². The highest BCUT2D eigenvalue weighted by Crippen LogP contribution is 2.26. The third-order valence-electron chi connectivity index (χ3n) is 3.43. The van der Waals surface area contributed by atoms with Crippen LogP contribution in [0.3, 0.4) is 0 Å². The minimum Gasteiger partial charge on any atom is -0.345 e. The molecule has 0 amide bonds. The Labute approximate surface area is 114 Å². The van der Waals surface area contributed by atoms with Crippen LogP contribution >= 0.6 is 11.6 Å². The van der Waals surface area contributed by atoms with E-state index in [4.69, 9.17) is 11.6 Å². The van der Waals surface area contributed by atoms with E-state index in [1.807, 2.05) is 6.07 Å². The minimum atomic E-state index is 0.795. The van der Waals surface area contributed by atoms with Gasteiger partial charge in [-0.25, -0.2) is 0 Å². The number of halogens is 1. The number of fused-ring (bicyclic) bond motifs is 1. The van der Waals surface area contributed by atoms with Gasteiger partial charge >= 0.3 is 0 Å². The Morgan fingerprint density at radius 2 is 1.94 bits per heavy atom. The first-order chi connectivity index (χ1) is 8.76. The van der Waals surface area contributed by atoms with Crippen molar-refractivity contribution in [3.05, 3.63) is 35.0 Å². The maximum atomic E-state index is 6.30. The molecular weight excluding hydrogens is 244 g/mol. The monoisotopic (exact) mass is 264 g/mol. The lowest BCUT2D eigenvalue weighted by Crippen LogP contribution is -2.26. The van der Waals surface area contributed by atoms with Crippen LogP contribution in [-0.4, -0.2) is 29.5 Å². The Balaban J connectivity index is 2.13. The van der Waals surface area contributed by atoms with Crippen molar-refractivity contribution >= 4 is 22.5 Å². The first-order valence-electron chi connectivity index (χ1n) is 6.73. The summed E-state index contributed by atoms with van der Waals surface area (Å²) in [6, 6.07) is 8.32. The van der Waals surface area contributed by atoms with Crippen LogP contribution in [0.25, 0.3) is 10.9 Å². The molecule has 98 valence electrons. The Kier molecular flexibility index (Phi) is 4.67. The Hall–Kier alpha value is -0.990. The van der Waals surface area contributed by atoms with Crippen molar-refractivity contribution in [1.82, 2.24) is 9.88 Å². The zero-order valence-corrected chi connectivity index (χ0v) is 11.9. The summed E-state index contributed by atoms with van der Waals surface area (Å²) in [4.78, 5) is 5.72. The van der Waals surface area contributed by atoms with Crippen LogP contribution in [0, 0.1) is 0 Å². The molecule has 0 spiro atoms. The van der Waals surface area contributed by atoms with Gasteiger partial charge in [-0.1, -0.05) is 43.6 Å². The van der Waals surface area contributed by atoms with E-state index in [1.165, 1.54) is 17.4 Å². The molecule has 18 heavy (non-hydrogen) atoms. The van der Waals surface area contributed by atoms with Crippen molar-refractivity contribution in [3.8, 4) is 0 Å². The quantitative estimate of drug-likeness (QED) is 0.832. The van der Waals surface area contributed by atoms with Gasteiger partial charge in [0.05, 0.1) is 0 Å². The average Bonchev–Trinajstić information content (AvgIpc) is 2.70. The lowest BCUT2D eigenvalue weighted by Gasteiger charge is -2.19. The summed E-state index contributed by atoms with van der Waals surface area (Å²) in [5.41, 5.74) is 2.39. The van der Waals surface area contributed by atoms with Gasteiger partial charge in [0.25, 0.3) is 0 Å². The van der Waals surface area contributed by atoms with E-state index < -0.39 is 0 Å². The van der Waals surface area contributed by atoms with Crippen molar-refractivity contribution in [2.45, 2.75) is 26.7 Å². The maximum Gasteiger partial charge on any atom is 0.110 e. The predicted molar refractivity (Wildman–Crippen MR) is 79.4 cm³/mol. The smallest absolute Gasteiger partial charge is 0.110 e. The Morgan fingerprint density at radius 3 is 2.67 bits per heavy atom. The molecular formula is C15H21ClN2. The maximum absolute atomic E-state index is 6.30. The number of benzene rings is 1. The first-order valence-corrected chi connectivity index (χ1v) is 7.11. The molecule has 0 radical (unpaired) electrons. The summed E-state index contributed by atoms with van der Waals surface area (Å²) in [5, 5.41) is 2.05. The molecule has 0 atom stereocenters. The molecule has 0 fully saturated rings. The van der Waals surface area contributed by atoms with Gasteiger partial charge in [-0.3, -0.25) is 0 Å². The fraction of sp³-hybridized carbons (Fsp3) is 0.467. The molecule has 1 heterocycles. The van der Waals surface area contributed by atoms with Crippen LogP contribution in [0.1, 0.15) is 25.8 Å². The van der Waals surface area contributed by atoms with E-state index >= 15 is 0 Å². The SMILES string of the molecule is CCCN(CC)CCc1c(Cl)[nH]c2ccccc12. The molecule has 1 N–H and O–H groups in total. The summed E-state index contributed by atoms with van der Waals surface area (Å²) >= 11 is 6.30. The van der Waals surface area contributed by atoms with E-state index in [0.717, 1.165) is 36.7 Å². The van der Waals surface area contributed by atoms with Crippen molar-refractivity contribution in [3.63, 3.8) is 0 Å². The van der Waals surface area contributed by atoms with Gasteiger partial charge in [0.1, 0.15) is 5.15 Å². The summed E-state index contributed by atoms with van der Waals surface area (Å²) < 4.78 is 0. The van der Waals surface area contributed by atoms with Gasteiger partial charge in [0.2, 0.25) is 0 Å². The van der Waals surface area contributed by atoms with Crippen LogP contribution in [0.15, 0.2) is 24.3 Å². The molecule has 0 aliphatic carbocycles. The van der Waals surface area contributed by atoms with E-state index in [0.29, 0.717) is 0 Å². The largest absolute Gasteiger partial charge is 0.345 e. The molecule has 2 aromatic rings. The second-order valence-electron chi connectivity index (χ2n) is 4.65. The van der Waals surface area contributed by atoms with Crippen LogP contribution in [-0.2, 0) is 6.42 Å². The third kappa shape index (κ3) is 2.88. The normalized spacial score (nSPS) is 11.6. The van der Waals surface area contributed by atoms with Crippen molar-refractivity contribution in [2.75, 3.05) is 19.6 Å². The lowest BCUT2D eigenvalue weighted by atomic mass is 10.1. The summed E-state index contributed by atoms with van der Waals surface area (Å²) in [6.45, 7) is 7.78. The molecule has 2 rings (SSSR count). The molecule has 0 saturated heterocycles. The number of aromatic nitrogens is 1. The topological polar surface area (TPSA) is 19.0 Å². The van der Waals surface area contributed by atoms with Gasteiger partial charge in [-0.05, 0) is 37.6 Å². The van der Waals surface area contributed by atoms with Crippen LogP contribution in [0.5, 0.6) is 0 Å². The van der Waals surface area contributed by atoms with E-state index in [-0.39, 0.29) is 0 Å². The van der Waals surface area contributed by atoms with Crippen LogP contribution in [0.4, 0.5) is 0 Å². The number of hydrogen-bond acceptors (Lipinski definition) is 1. The molecule has 0 bridgehead atoms. The van der Waals surface area contributed by atoms with Crippen molar-refractivity contribution in [1.29, 1.82) is 0 Å². The molecule has 0 saturated carbocycles. The number of aromatic amines is 1. The highest BCUT2D eigenvalue weighted by Gasteiger charge is 2.10. The van der Waals surface area contributed by atoms with Crippen molar-refractivity contribution in [2.24, 2.45) is 0 Å². The van der Waals surface area contributed by atoms with Gasteiger partial charge in [-0.15, -0.1) is 0 Å². The fourth-order valence-electron chi connectivity index (χ4n) is 2.43. The highest BCUT2D eigenvalue weighted by molar-refractivity contribution is 6.31. The molecule has 2 nitrogen and oxygen atoms in total. The third-order valence-corrected chi connectivity index (χ3v) is 3.75. The minimum absolute atomic E-state index is 0.795. The Morgan fingerprint density at radius 1 is 1.17 bits per heavy atom. The molecule has 0 aliphatic rings. The van der Waals surface area contributed by atoms with E-state index in [9.17, 15) is 0 Å². The molecule has 0 unspecified atom stereocenters. The predicted octanol–water partition coefficient (Wildman–Crippen LogP) is 4.10. The zero-order valence-electron chi connectivity index (χ0n) is 11.2. The standard InChI is InChI=1S/C15H21ClN2/c1-3-10-18(4-2)11-9-13-12-7-5-6-8-14(12)17-15(13)16/h5-8,17H,3-4,9-11H2,1-2H3. The number of likely N-dealkylation sites (N-methyl/N-ethyl adjacent to an activating group) is 1.